The Labute approximate surface area is 300 Å². The van der Waals surface area contributed by atoms with E-state index in [1.165, 1.54) is 6.08 Å². The third-order valence-corrected chi connectivity index (χ3v) is 12.5. The highest BCUT2D eigenvalue weighted by atomic mass is 35.5. The van der Waals surface area contributed by atoms with Crippen LogP contribution in [-0.4, -0.2) is 88.0 Å². The van der Waals surface area contributed by atoms with Crippen LogP contribution in [0.4, 0.5) is 0 Å². The van der Waals surface area contributed by atoms with Gasteiger partial charge in [0.15, 0.2) is 18.0 Å². The number of carbonyl (C=O) groups is 6. The predicted molar refractivity (Wildman–Crippen MR) is 178 cm³/mol. The number of amides is 1. The standard InChI is InChI=1S/C35H47ClN2O13/c1-6-29(43)51-35(28(42)19-49-30(44)17-26(37-21(3)39)31(45)48-13-7-8-14-50-38(46)47)20(2)15-25-24-10-9-22-16-23(40)11-12-32(22,4)34(24,36)27(41)18-33(25,35)5/h11-12,16,20,24-27,41H,6-10,13-15,17-19H2,1-5H3,(H,37,39)/t20-,24-,25-,26?,27-,32-,33-,34-,35+/m0/s1. The van der Waals surface area contributed by atoms with Crippen LogP contribution < -0.4 is 5.32 Å². The molecule has 1 unspecified atom stereocenters. The van der Waals surface area contributed by atoms with Gasteiger partial charge in [0.2, 0.25) is 11.7 Å². The maximum absolute atomic E-state index is 14.4. The number of carbonyl (C=O) groups excluding carboxylic acids is 6. The second-order valence-electron chi connectivity index (χ2n) is 14.4. The average molecular weight is 739 g/mol. The lowest BCUT2D eigenvalue weighted by Gasteiger charge is -2.64. The van der Waals surface area contributed by atoms with Gasteiger partial charge in [0.25, 0.3) is 5.09 Å². The molecule has 0 aromatic carbocycles. The van der Waals surface area contributed by atoms with E-state index in [9.17, 15) is 44.0 Å². The molecule has 16 heteroatoms. The second-order valence-corrected chi connectivity index (χ2v) is 15.1. The lowest BCUT2D eigenvalue weighted by Crippen LogP contribution is -2.69. The number of aliphatic hydroxyl groups is 1. The number of halogens is 1. The van der Waals surface area contributed by atoms with Crippen molar-refractivity contribution in [3.63, 3.8) is 0 Å². The molecule has 9 atom stereocenters. The molecule has 3 saturated carbocycles. The van der Waals surface area contributed by atoms with E-state index in [1.54, 1.807) is 26.0 Å². The average Bonchev–Trinajstić information content (AvgIpc) is 3.27. The van der Waals surface area contributed by atoms with E-state index in [4.69, 9.17) is 25.8 Å². The summed E-state index contributed by atoms with van der Waals surface area (Å²) in [7, 11) is 0. The molecule has 0 bridgehead atoms. The summed E-state index contributed by atoms with van der Waals surface area (Å²) < 4.78 is 16.6. The number of rotatable bonds is 15. The van der Waals surface area contributed by atoms with Gasteiger partial charge in [-0.15, -0.1) is 21.7 Å². The Balaban J connectivity index is 1.53. The van der Waals surface area contributed by atoms with Crippen molar-refractivity contribution in [3.8, 4) is 0 Å². The zero-order valence-corrected chi connectivity index (χ0v) is 30.3. The molecule has 282 valence electrons. The molecule has 15 nitrogen and oxygen atoms in total. The SMILES string of the molecule is CCC(=O)O[C@@]1(C(=O)COC(=O)CC(NC(C)=O)C(=O)OCCCCO[N+](=O)[O-])[C@@H](C)C[C@H]2[C@@H]3CCC4=CC(=O)C=C[C@]4(C)[C@@]3(Cl)[C@@H](O)C[C@@]21C. The van der Waals surface area contributed by atoms with Crippen LogP contribution in [0.25, 0.3) is 0 Å². The van der Waals surface area contributed by atoms with Gasteiger partial charge in [-0.2, -0.15) is 0 Å². The van der Waals surface area contributed by atoms with Crippen molar-refractivity contribution in [2.24, 2.45) is 28.6 Å². The zero-order valence-electron chi connectivity index (χ0n) is 29.6. The molecule has 1 amide bonds. The van der Waals surface area contributed by atoms with E-state index in [0.29, 0.717) is 19.3 Å². The molecule has 4 rings (SSSR count). The normalized spacial score (nSPS) is 34.1. The number of aliphatic hydroxyl groups excluding tert-OH is 1. The summed E-state index contributed by atoms with van der Waals surface area (Å²) in [6.07, 6.45) is 4.85. The highest BCUT2D eigenvalue weighted by molar-refractivity contribution is 6.26. The van der Waals surface area contributed by atoms with E-state index in [0.717, 1.165) is 12.5 Å². The van der Waals surface area contributed by atoms with Gasteiger partial charge in [0, 0.05) is 30.1 Å². The minimum atomic E-state index is -1.80. The fourth-order valence-corrected chi connectivity index (χ4v) is 9.71. The number of alkyl halides is 1. The van der Waals surface area contributed by atoms with Gasteiger partial charge in [-0.25, -0.2) is 4.79 Å². The summed E-state index contributed by atoms with van der Waals surface area (Å²) in [4.78, 5) is 90.4. The molecule has 4 aliphatic carbocycles. The summed E-state index contributed by atoms with van der Waals surface area (Å²) in [6, 6.07) is -1.44. The minimum absolute atomic E-state index is 0.0159. The Kier molecular flexibility index (Phi) is 12.1. The lowest BCUT2D eigenvalue weighted by atomic mass is 9.45. The van der Waals surface area contributed by atoms with Gasteiger partial charge in [0.1, 0.15) is 6.04 Å². The first-order valence-electron chi connectivity index (χ1n) is 17.3. The number of fused-ring (bicyclic) bond motifs is 5. The van der Waals surface area contributed by atoms with Crippen molar-refractivity contribution >= 4 is 47.0 Å². The van der Waals surface area contributed by atoms with Crippen molar-refractivity contribution in [2.75, 3.05) is 19.8 Å². The quantitative estimate of drug-likeness (QED) is 0.0618. The number of Topliss-reactive ketones (excluding diaryl/α,β-unsaturated/α-hetero) is 1. The van der Waals surface area contributed by atoms with Crippen molar-refractivity contribution in [1.29, 1.82) is 0 Å². The van der Waals surface area contributed by atoms with E-state index in [-0.39, 0.29) is 56.5 Å². The van der Waals surface area contributed by atoms with Crippen LogP contribution in [0.2, 0.25) is 0 Å². The van der Waals surface area contributed by atoms with Crippen LogP contribution in [0, 0.1) is 38.7 Å². The second kappa shape index (κ2) is 15.4. The van der Waals surface area contributed by atoms with Gasteiger partial charge in [-0.05, 0) is 62.5 Å². The molecular weight excluding hydrogens is 692 g/mol. The first kappa shape index (κ1) is 39.9. The fourth-order valence-electron chi connectivity index (χ4n) is 9.18. The summed E-state index contributed by atoms with van der Waals surface area (Å²) >= 11 is 7.54. The molecule has 0 aromatic rings. The number of ketones is 2. The number of esters is 3. The minimum Gasteiger partial charge on any atom is -0.464 e. The van der Waals surface area contributed by atoms with Crippen LogP contribution in [0.15, 0.2) is 23.8 Å². The largest absolute Gasteiger partial charge is 0.464 e. The summed E-state index contributed by atoms with van der Waals surface area (Å²) in [5.74, 6) is -5.27. The van der Waals surface area contributed by atoms with Crippen molar-refractivity contribution < 1.29 is 58.0 Å². The van der Waals surface area contributed by atoms with E-state index in [1.807, 2.05) is 13.8 Å². The monoisotopic (exact) mass is 738 g/mol. The van der Waals surface area contributed by atoms with Crippen LogP contribution in [0.1, 0.15) is 86.0 Å². The third-order valence-electron chi connectivity index (χ3n) is 11.5. The highest BCUT2D eigenvalue weighted by Gasteiger charge is 2.76. The van der Waals surface area contributed by atoms with Crippen LogP contribution in [-0.2, 0) is 47.8 Å². The van der Waals surface area contributed by atoms with Crippen molar-refractivity contribution in [1.82, 2.24) is 5.32 Å². The topological polar surface area (TPSA) is 215 Å². The smallest absolute Gasteiger partial charge is 0.329 e. The van der Waals surface area contributed by atoms with Crippen LogP contribution in [0.5, 0.6) is 0 Å². The third kappa shape index (κ3) is 7.28. The molecule has 0 heterocycles. The summed E-state index contributed by atoms with van der Waals surface area (Å²) in [5.41, 5.74) is -2.92. The predicted octanol–water partition coefficient (Wildman–Crippen LogP) is 3.10. The Morgan fingerprint density at radius 3 is 2.45 bits per heavy atom. The molecule has 0 aromatic heterocycles. The molecule has 51 heavy (non-hydrogen) atoms. The number of nitrogens with zero attached hydrogens (tertiary/aromatic N) is 1. The molecule has 0 aliphatic heterocycles. The van der Waals surface area contributed by atoms with Crippen LogP contribution >= 0.6 is 11.6 Å². The number of ether oxygens (including phenoxy) is 3. The fraction of sp³-hybridized carbons (Fsp3) is 0.714. The number of hydrogen-bond acceptors (Lipinski definition) is 13. The van der Waals surface area contributed by atoms with Gasteiger partial charge in [-0.1, -0.05) is 39.3 Å². The Morgan fingerprint density at radius 2 is 1.80 bits per heavy atom. The first-order valence-corrected chi connectivity index (χ1v) is 17.7. The maximum Gasteiger partial charge on any atom is 0.329 e. The van der Waals surface area contributed by atoms with Crippen molar-refractivity contribution in [3.05, 3.63) is 33.9 Å². The maximum atomic E-state index is 14.4. The van der Waals surface area contributed by atoms with E-state index >= 15 is 0 Å². The Morgan fingerprint density at radius 1 is 1.12 bits per heavy atom. The zero-order chi connectivity index (χ0) is 37.9. The summed E-state index contributed by atoms with van der Waals surface area (Å²) in [6.45, 7) is 7.07. The van der Waals surface area contributed by atoms with Crippen LogP contribution in [0.3, 0.4) is 0 Å². The van der Waals surface area contributed by atoms with E-state index < -0.39 is 87.1 Å². The molecule has 0 radical (unpaired) electrons. The highest BCUT2D eigenvalue weighted by Crippen LogP contribution is 2.72. The Hall–Kier alpha value is -3.85. The molecular formula is C35H47ClN2O13. The van der Waals surface area contributed by atoms with Gasteiger partial charge in [-0.3, -0.25) is 24.0 Å². The molecule has 0 saturated heterocycles. The summed E-state index contributed by atoms with van der Waals surface area (Å²) in [5, 5.41) is 23.6. The van der Waals surface area contributed by atoms with Gasteiger partial charge < -0.3 is 29.5 Å². The molecule has 2 N–H and O–H groups in total. The number of unbranched alkanes of at least 4 members (excludes halogenated alkanes) is 1. The van der Waals surface area contributed by atoms with Crippen molar-refractivity contribution in [2.45, 2.75) is 109 Å². The number of nitrogens with one attached hydrogen (secondary N) is 1. The van der Waals surface area contributed by atoms with Gasteiger partial charge >= 0.3 is 17.9 Å². The lowest BCUT2D eigenvalue weighted by molar-refractivity contribution is -0.757. The number of hydrogen-bond donors (Lipinski definition) is 2. The number of allylic oxidation sites excluding steroid dienone is 4. The van der Waals surface area contributed by atoms with Gasteiger partial charge in [0.05, 0.1) is 30.6 Å². The van der Waals surface area contributed by atoms with E-state index in [2.05, 4.69) is 10.2 Å². The molecule has 0 spiro atoms. The molecule has 3 fully saturated rings. The Bertz CT molecular complexity index is 1510. The first-order chi connectivity index (χ1) is 23.9. The molecule has 4 aliphatic rings.